The minimum atomic E-state index is -0.172. The molecule has 2 rings (SSSR count). The Morgan fingerprint density at radius 1 is 1.45 bits per heavy atom. The molecule has 20 heavy (non-hydrogen) atoms. The SMILES string of the molecule is Cc1ccnc(SCC(=O)Nc2ccc(Cl)cc2N)n1. The van der Waals surface area contributed by atoms with Crippen LogP contribution in [0, 0.1) is 6.92 Å². The smallest absolute Gasteiger partial charge is 0.234 e. The third kappa shape index (κ3) is 4.11. The molecule has 0 radical (unpaired) electrons. The molecule has 0 aliphatic rings. The van der Waals surface area contributed by atoms with Crippen molar-refractivity contribution in [1.29, 1.82) is 0 Å². The fourth-order valence-corrected chi connectivity index (χ4v) is 2.32. The Bertz CT molecular complexity index is 636. The molecule has 2 aromatic rings. The van der Waals surface area contributed by atoms with Gasteiger partial charge in [-0.3, -0.25) is 4.79 Å². The van der Waals surface area contributed by atoms with Crippen molar-refractivity contribution in [3.63, 3.8) is 0 Å². The van der Waals surface area contributed by atoms with Crippen LogP contribution in [0.1, 0.15) is 5.69 Å². The Labute approximate surface area is 126 Å². The Hall–Kier alpha value is -1.79. The van der Waals surface area contributed by atoms with Crippen molar-refractivity contribution in [3.8, 4) is 0 Å². The van der Waals surface area contributed by atoms with Crippen LogP contribution in [0.4, 0.5) is 11.4 Å². The van der Waals surface area contributed by atoms with Crippen molar-refractivity contribution in [2.24, 2.45) is 0 Å². The normalized spacial score (nSPS) is 10.3. The van der Waals surface area contributed by atoms with Crippen LogP contribution in [0.15, 0.2) is 35.6 Å². The van der Waals surface area contributed by atoms with Crippen LogP contribution in [0.25, 0.3) is 0 Å². The number of carbonyl (C=O) groups is 1. The maximum atomic E-state index is 11.8. The number of nitrogens with two attached hydrogens (primary N) is 1. The van der Waals surface area contributed by atoms with Gasteiger partial charge in [0.25, 0.3) is 0 Å². The predicted molar refractivity (Wildman–Crippen MR) is 82.0 cm³/mol. The van der Waals surface area contributed by atoms with E-state index < -0.39 is 0 Å². The standard InChI is InChI=1S/C13H13ClN4OS/c1-8-4-5-16-13(17-8)20-7-12(19)18-11-3-2-9(14)6-10(11)15/h2-6H,7,15H2,1H3,(H,18,19). The largest absolute Gasteiger partial charge is 0.397 e. The first-order valence-corrected chi connectivity index (χ1v) is 7.18. The number of carbonyl (C=O) groups excluding carboxylic acids is 1. The minimum Gasteiger partial charge on any atom is -0.397 e. The zero-order valence-corrected chi connectivity index (χ0v) is 12.3. The predicted octanol–water partition coefficient (Wildman–Crippen LogP) is 2.75. The molecule has 0 aliphatic carbocycles. The zero-order chi connectivity index (χ0) is 14.5. The molecule has 0 unspecified atom stereocenters. The third-order valence-electron chi connectivity index (χ3n) is 2.39. The molecule has 0 saturated heterocycles. The van der Waals surface area contributed by atoms with E-state index in [4.69, 9.17) is 17.3 Å². The topological polar surface area (TPSA) is 80.9 Å². The van der Waals surface area contributed by atoms with Crippen molar-refractivity contribution in [1.82, 2.24) is 9.97 Å². The number of rotatable bonds is 4. The van der Waals surface area contributed by atoms with Gasteiger partial charge >= 0.3 is 0 Å². The van der Waals surface area contributed by atoms with Crippen molar-refractivity contribution in [3.05, 3.63) is 41.2 Å². The van der Waals surface area contributed by atoms with Gasteiger partial charge in [0.1, 0.15) is 0 Å². The van der Waals surface area contributed by atoms with Crippen LogP contribution in [0.3, 0.4) is 0 Å². The summed E-state index contributed by atoms with van der Waals surface area (Å²) in [5.41, 5.74) is 7.61. The molecule has 0 saturated carbocycles. The number of hydrogen-bond donors (Lipinski definition) is 2. The lowest BCUT2D eigenvalue weighted by atomic mass is 10.2. The van der Waals surface area contributed by atoms with Gasteiger partial charge in [0.05, 0.1) is 17.1 Å². The maximum absolute atomic E-state index is 11.8. The number of nitrogen functional groups attached to an aromatic ring is 1. The molecule has 104 valence electrons. The summed E-state index contributed by atoms with van der Waals surface area (Å²) in [6.45, 7) is 1.88. The van der Waals surface area contributed by atoms with E-state index in [-0.39, 0.29) is 11.7 Å². The van der Waals surface area contributed by atoms with Crippen LogP contribution in [0.2, 0.25) is 5.02 Å². The van der Waals surface area contributed by atoms with Gasteiger partial charge in [-0.15, -0.1) is 0 Å². The first-order chi connectivity index (χ1) is 9.54. The lowest BCUT2D eigenvalue weighted by molar-refractivity contribution is -0.113. The number of amides is 1. The summed E-state index contributed by atoms with van der Waals surface area (Å²) in [5, 5.41) is 3.83. The van der Waals surface area contributed by atoms with Crippen LogP contribution in [-0.2, 0) is 4.79 Å². The van der Waals surface area contributed by atoms with Gasteiger partial charge in [0, 0.05) is 16.9 Å². The Kier molecular flexibility index (Phi) is 4.81. The summed E-state index contributed by atoms with van der Waals surface area (Å²) in [7, 11) is 0. The number of halogens is 1. The number of aromatic nitrogens is 2. The number of hydrogen-bond acceptors (Lipinski definition) is 5. The molecular formula is C13H13ClN4OS. The molecule has 0 atom stereocenters. The molecular weight excluding hydrogens is 296 g/mol. The van der Waals surface area contributed by atoms with Gasteiger partial charge < -0.3 is 11.1 Å². The first-order valence-electron chi connectivity index (χ1n) is 5.82. The number of anilines is 2. The van der Waals surface area contributed by atoms with Crippen molar-refractivity contribution in [2.75, 3.05) is 16.8 Å². The number of aryl methyl sites for hydroxylation is 1. The average molecular weight is 309 g/mol. The molecule has 0 bridgehead atoms. The molecule has 0 aliphatic heterocycles. The number of nitrogens with zero attached hydrogens (tertiary/aromatic N) is 2. The molecule has 3 N–H and O–H groups in total. The Morgan fingerprint density at radius 3 is 2.95 bits per heavy atom. The minimum absolute atomic E-state index is 0.172. The molecule has 1 amide bonds. The molecule has 0 fully saturated rings. The van der Waals surface area contributed by atoms with Gasteiger partial charge in [-0.1, -0.05) is 23.4 Å². The van der Waals surface area contributed by atoms with E-state index >= 15 is 0 Å². The Morgan fingerprint density at radius 2 is 2.25 bits per heavy atom. The molecule has 5 nitrogen and oxygen atoms in total. The van der Waals surface area contributed by atoms with Gasteiger partial charge in [0.2, 0.25) is 5.91 Å². The van der Waals surface area contributed by atoms with Gasteiger partial charge in [0.15, 0.2) is 5.16 Å². The monoisotopic (exact) mass is 308 g/mol. The van der Waals surface area contributed by atoms with E-state index in [0.29, 0.717) is 21.6 Å². The van der Waals surface area contributed by atoms with Gasteiger partial charge in [-0.2, -0.15) is 0 Å². The van der Waals surface area contributed by atoms with Crippen molar-refractivity contribution in [2.45, 2.75) is 12.1 Å². The lowest BCUT2D eigenvalue weighted by Gasteiger charge is -2.08. The second-order valence-corrected chi connectivity index (χ2v) is 5.43. The summed E-state index contributed by atoms with van der Waals surface area (Å²) < 4.78 is 0. The van der Waals surface area contributed by atoms with Crippen molar-refractivity contribution >= 4 is 40.6 Å². The highest BCUT2D eigenvalue weighted by molar-refractivity contribution is 7.99. The Balaban J connectivity index is 1.92. The first kappa shape index (κ1) is 14.6. The van der Waals surface area contributed by atoms with E-state index in [1.165, 1.54) is 11.8 Å². The highest BCUT2D eigenvalue weighted by atomic mass is 35.5. The van der Waals surface area contributed by atoms with E-state index in [1.54, 1.807) is 30.5 Å². The van der Waals surface area contributed by atoms with Crippen molar-refractivity contribution < 1.29 is 4.79 Å². The van der Waals surface area contributed by atoms with E-state index in [1.807, 2.05) is 6.92 Å². The molecule has 1 heterocycles. The van der Waals surface area contributed by atoms with E-state index in [9.17, 15) is 4.79 Å². The number of benzene rings is 1. The summed E-state index contributed by atoms with van der Waals surface area (Å²) in [4.78, 5) is 20.1. The fraction of sp³-hybridized carbons (Fsp3) is 0.154. The molecule has 1 aromatic heterocycles. The van der Waals surface area contributed by atoms with Gasteiger partial charge in [-0.05, 0) is 31.2 Å². The summed E-state index contributed by atoms with van der Waals surface area (Å²) in [6, 6.07) is 6.74. The van der Waals surface area contributed by atoms with Crippen LogP contribution in [-0.4, -0.2) is 21.6 Å². The molecule has 0 spiro atoms. The van der Waals surface area contributed by atoms with Crippen LogP contribution in [0.5, 0.6) is 0 Å². The summed E-state index contributed by atoms with van der Waals surface area (Å²) in [5.74, 6) is 0.0417. The lowest BCUT2D eigenvalue weighted by Crippen LogP contribution is -2.15. The third-order valence-corrected chi connectivity index (χ3v) is 3.49. The zero-order valence-electron chi connectivity index (χ0n) is 10.8. The average Bonchev–Trinajstić information content (AvgIpc) is 2.40. The van der Waals surface area contributed by atoms with E-state index in [2.05, 4.69) is 15.3 Å². The van der Waals surface area contributed by atoms with Gasteiger partial charge in [-0.25, -0.2) is 9.97 Å². The second-order valence-electron chi connectivity index (χ2n) is 4.05. The summed E-state index contributed by atoms with van der Waals surface area (Å²) in [6.07, 6.45) is 1.67. The molecule has 7 heteroatoms. The number of thioether (sulfide) groups is 1. The molecule has 1 aromatic carbocycles. The van der Waals surface area contributed by atoms with Crippen LogP contribution >= 0.6 is 23.4 Å². The summed E-state index contributed by atoms with van der Waals surface area (Å²) >= 11 is 7.07. The van der Waals surface area contributed by atoms with Crippen LogP contribution < -0.4 is 11.1 Å². The number of nitrogens with one attached hydrogen (secondary N) is 1. The van der Waals surface area contributed by atoms with E-state index in [0.717, 1.165) is 5.69 Å². The highest BCUT2D eigenvalue weighted by Crippen LogP contribution is 2.23. The highest BCUT2D eigenvalue weighted by Gasteiger charge is 2.07. The fourth-order valence-electron chi connectivity index (χ4n) is 1.46. The second kappa shape index (κ2) is 6.58. The quantitative estimate of drug-likeness (QED) is 0.515. The maximum Gasteiger partial charge on any atom is 0.234 e.